The molecule has 0 radical (unpaired) electrons. The van der Waals surface area contributed by atoms with E-state index >= 15 is 0 Å². The van der Waals surface area contributed by atoms with Crippen LogP contribution < -0.4 is 0 Å². The lowest BCUT2D eigenvalue weighted by Gasteiger charge is -2.26. The lowest BCUT2D eigenvalue weighted by Crippen LogP contribution is -2.26. The molecule has 0 aromatic heterocycles. The number of aryl methyl sites for hydroxylation is 2. The molecule has 2 aromatic carbocycles. The van der Waals surface area contributed by atoms with Crippen LogP contribution in [0.2, 0.25) is 0 Å². The lowest BCUT2D eigenvalue weighted by atomic mass is 9.92. The highest BCUT2D eigenvalue weighted by Gasteiger charge is 2.19. The van der Waals surface area contributed by atoms with Gasteiger partial charge in [0.15, 0.2) is 6.61 Å². The summed E-state index contributed by atoms with van der Waals surface area (Å²) in [7, 11) is 4.05. The maximum absolute atomic E-state index is 11.4. The molecule has 31 heavy (non-hydrogen) atoms. The minimum Gasteiger partial charge on any atom is -0.464 e. The molecule has 0 aliphatic rings. The van der Waals surface area contributed by atoms with Gasteiger partial charge in [-0.05, 0) is 61.7 Å². The average Bonchev–Trinajstić information content (AvgIpc) is 2.75. The van der Waals surface area contributed by atoms with Gasteiger partial charge in [-0.2, -0.15) is 0 Å². The van der Waals surface area contributed by atoms with E-state index < -0.39 is 5.97 Å². The molecular weight excluding hydrogens is 390 g/mol. The van der Waals surface area contributed by atoms with Crippen LogP contribution in [0.15, 0.2) is 42.5 Å². The molecule has 0 saturated heterocycles. The number of nitrogens with zero attached hydrogens (tertiary/aromatic N) is 1. The zero-order valence-electron chi connectivity index (χ0n) is 19.6. The van der Waals surface area contributed by atoms with Crippen LogP contribution in [0.3, 0.4) is 0 Å². The maximum atomic E-state index is 11.4. The van der Waals surface area contributed by atoms with Gasteiger partial charge in [-0.15, -0.1) is 0 Å². The predicted octanol–water partition coefficient (Wildman–Crippen LogP) is 5.37. The summed E-state index contributed by atoms with van der Waals surface area (Å²) in [5.74, 6) is -0.426. The van der Waals surface area contributed by atoms with E-state index in [4.69, 9.17) is 14.5 Å². The molecule has 0 aliphatic carbocycles. The van der Waals surface area contributed by atoms with Gasteiger partial charge >= 0.3 is 5.97 Å². The molecular formula is C26H37NO4. The Morgan fingerprint density at radius 3 is 2.35 bits per heavy atom. The Morgan fingerprint density at radius 1 is 0.935 bits per heavy atom. The summed E-state index contributed by atoms with van der Waals surface area (Å²) in [4.78, 5) is 24.0. The van der Waals surface area contributed by atoms with Gasteiger partial charge in [0.05, 0.1) is 12.6 Å². The molecule has 0 heterocycles. The number of ether oxygens (including phenoxy) is 1. The smallest absolute Gasteiger partial charge is 0.335 e. The number of likely N-dealkylation sites (N-methyl/N-ethyl adjacent to an activating group) is 1. The van der Waals surface area contributed by atoms with E-state index in [-0.39, 0.29) is 12.6 Å². The van der Waals surface area contributed by atoms with Gasteiger partial charge in [0.25, 0.3) is 0 Å². The molecule has 5 nitrogen and oxygen atoms in total. The second-order valence-electron chi connectivity index (χ2n) is 7.95. The molecule has 2 aromatic rings. The van der Waals surface area contributed by atoms with Gasteiger partial charge < -0.3 is 9.64 Å². The van der Waals surface area contributed by atoms with Crippen molar-refractivity contribution in [2.45, 2.75) is 52.5 Å². The number of carbonyl (C=O) groups is 1. The molecule has 0 N–H and O–H groups in total. The Bertz CT molecular complexity index is 819. The van der Waals surface area contributed by atoms with Crippen LogP contribution in [0.1, 0.15) is 56.3 Å². The number of hydrogen-bond donors (Lipinski definition) is 0. The summed E-state index contributed by atoms with van der Waals surface area (Å²) in [5.41, 5.74) is 6.40. The molecule has 170 valence electrons. The van der Waals surface area contributed by atoms with E-state index in [1.165, 1.54) is 27.8 Å². The van der Waals surface area contributed by atoms with Crippen molar-refractivity contribution >= 4 is 5.97 Å². The molecule has 0 aliphatic heterocycles. The summed E-state index contributed by atoms with van der Waals surface area (Å²) >= 11 is 0. The summed E-state index contributed by atoms with van der Waals surface area (Å²) in [6.45, 7) is 6.62. The van der Waals surface area contributed by atoms with Crippen molar-refractivity contribution in [1.82, 2.24) is 4.90 Å². The fourth-order valence-electron chi connectivity index (χ4n) is 3.71. The Labute approximate surface area is 187 Å². The highest BCUT2D eigenvalue weighted by molar-refractivity contribution is 5.70. The fraction of sp³-hybridized carbons (Fsp3) is 0.500. The maximum Gasteiger partial charge on any atom is 0.335 e. The number of esters is 1. The summed E-state index contributed by atoms with van der Waals surface area (Å²) < 4.78 is 4.86. The van der Waals surface area contributed by atoms with Crippen LogP contribution in [-0.4, -0.2) is 44.8 Å². The Morgan fingerprint density at radius 2 is 1.68 bits per heavy atom. The van der Waals surface area contributed by atoms with E-state index in [1.54, 1.807) is 6.92 Å². The van der Waals surface area contributed by atoms with Gasteiger partial charge in [-0.25, -0.2) is 14.6 Å². The third kappa shape index (κ3) is 7.76. The largest absolute Gasteiger partial charge is 0.464 e. The van der Waals surface area contributed by atoms with Crippen molar-refractivity contribution in [2.24, 2.45) is 0 Å². The topological polar surface area (TPSA) is 48.0 Å². The Kier molecular flexibility index (Phi) is 10.7. The van der Waals surface area contributed by atoms with Crippen LogP contribution in [0.4, 0.5) is 0 Å². The summed E-state index contributed by atoms with van der Waals surface area (Å²) in [6, 6.07) is 15.5. The molecule has 0 saturated carbocycles. The van der Waals surface area contributed by atoms with Crippen molar-refractivity contribution in [1.29, 1.82) is 0 Å². The van der Waals surface area contributed by atoms with Crippen LogP contribution in [0.5, 0.6) is 0 Å². The SMILES string of the molecule is CCCc1cccc(-c2ccc(C(COOCC(=O)OCC)N(C)C)c(CCC)c2)c1. The van der Waals surface area contributed by atoms with Crippen molar-refractivity contribution in [2.75, 3.05) is 33.9 Å². The van der Waals surface area contributed by atoms with Crippen molar-refractivity contribution < 1.29 is 19.3 Å². The lowest BCUT2D eigenvalue weighted by molar-refractivity contribution is -0.299. The van der Waals surface area contributed by atoms with E-state index in [0.717, 1.165) is 25.7 Å². The zero-order chi connectivity index (χ0) is 22.6. The van der Waals surface area contributed by atoms with Crippen molar-refractivity contribution in [3.8, 4) is 11.1 Å². The monoisotopic (exact) mass is 427 g/mol. The molecule has 5 heteroatoms. The van der Waals surface area contributed by atoms with Crippen LogP contribution in [0.25, 0.3) is 11.1 Å². The summed E-state index contributed by atoms with van der Waals surface area (Å²) in [6.07, 6.45) is 4.30. The van der Waals surface area contributed by atoms with E-state index in [0.29, 0.717) is 13.2 Å². The van der Waals surface area contributed by atoms with Gasteiger partial charge in [0, 0.05) is 0 Å². The first-order valence-corrected chi connectivity index (χ1v) is 11.3. The van der Waals surface area contributed by atoms with Crippen LogP contribution >= 0.6 is 0 Å². The quantitative estimate of drug-likeness (QED) is 0.186. The second kappa shape index (κ2) is 13.3. The summed E-state index contributed by atoms with van der Waals surface area (Å²) in [5, 5.41) is 0. The van der Waals surface area contributed by atoms with Crippen LogP contribution in [-0.2, 0) is 32.1 Å². The van der Waals surface area contributed by atoms with E-state index in [1.807, 2.05) is 14.1 Å². The van der Waals surface area contributed by atoms with Gasteiger partial charge in [-0.1, -0.05) is 69.2 Å². The molecule has 2 rings (SSSR count). The third-order valence-corrected chi connectivity index (χ3v) is 5.23. The van der Waals surface area contributed by atoms with Crippen molar-refractivity contribution in [3.63, 3.8) is 0 Å². The fourth-order valence-corrected chi connectivity index (χ4v) is 3.71. The normalized spacial score (nSPS) is 12.2. The third-order valence-electron chi connectivity index (χ3n) is 5.23. The first kappa shape index (κ1) is 25.1. The highest BCUT2D eigenvalue weighted by Crippen LogP contribution is 2.30. The zero-order valence-corrected chi connectivity index (χ0v) is 19.6. The number of carbonyl (C=O) groups excluding carboxylic acids is 1. The first-order valence-electron chi connectivity index (χ1n) is 11.3. The average molecular weight is 428 g/mol. The van der Waals surface area contributed by atoms with Gasteiger partial charge in [-0.3, -0.25) is 0 Å². The minimum absolute atomic E-state index is 0.0178. The molecule has 0 amide bonds. The second-order valence-corrected chi connectivity index (χ2v) is 7.95. The Balaban J connectivity index is 2.20. The number of benzene rings is 2. The standard InChI is InChI=1S/C26H37NO4/c1-6-10-20-12-9-13-21(16-20)22-14-15-24(23(17-22)11-7-2)25(27(4)5)18-30-31-19-26(28)29-8-3/h9,12-17,25H,6-8,10-11,18-19H2,1-5H3. The molecule has 1 atom stereocenters. The first-order chi connectivity index (χ1) is 15.0. The molecule has 1 unspecified atom stereocenters. The molecule has 0 fully saturated rings. The van der Waals surface area contributed by atoms with Gasteiger partial charge in [0.1, 0.15) is 6.61 Å². The number of hydrogen-bond acceptors (Lipinski definition) is 5. The molecule has 0 spiro atoms. The Hall–Kier alpha value is -2.21. The van der Waals surface area contributed by atoms with Crippen LogP contribution in [0, 0.1) is 0 Å². The molecule has 0 bridgehead atoms. The highest BCUT2D eigenvalue weighted by atomic mass is 17.2. The predicted molar refractivity (Wildman–Crippen MR) is 125 cm³/mol. The minimum atomic E-state index is -0.426. The van der Waals surface area contributed by atoms with Gasteiger partial charge in [0.2, 0.25) is 0 Å². The van der Waals surface area contributed by atoms with E-state index in [9.17, 15) is 4.79 Å². The number of rotatable bonds is 13. The van der Waals surface area contributed by atoms with E-state index in [2.05, 4.69) is 61.2 Å². The van der Waals surface area contributed by atoms with Crippen molar-refractivity contribution in [3.05, 3.63) is 59.2 Å².